The number of fused-ring (bicyclic) bond motifs is 1. The Morgan fingerprint density at radius 1 is 0.762 bits per heavy atom. The summed E-state index contributed by atoms with van der Waals surface area (Å²) in [6, 6.07) is 34.8. The molecular formula is C36H42N4O2. The molecule has 0 aliphatic carbocycles. The molecule has 5 rings (SSSR count). The lowest BCUT2D eigenvalue weighted by Gasteiger charge is -2.18. The molecule has 0 aliphatic heterocycles. The molecule has 1 atom stereocenters. The second-order valence-electron chi connectivity index (χ2n) is 10.7. The van der Waals surface area contributed by atoms with E-state index in [9.17, 15) is 0 Å². The van der Waals surface area contributed by atoms with Crippen molar-refractivity contribution in [2.24, 2.45) is 5.73 Å². The Hall–Kier alpha value is -4.13. The fourth-order valence-electron chi connectivity index (χ4n) is 5.25. The maximum atomic E-state index is 6.86. The minimum Gasteiger partial charge on any atom is -0.493 e. The van der Waals surface area contributed by atoms with Crippen LogP contribution in [-0.4, -0.2) is 40.7 Å². The normalized spacial score (nSPS) is 12.1. The first-order chi connectivity index (χ1) is 20.6. The van der Waals surface area contributed by atoms with E-state index >= 15 is 0 Å². The molecule has 2 N–H and O–H groups in total. The Morgan fingerprint density at radius 2 is 1.43 bits per heavy atom. The first kappa shape index (κ1) is 29.4. The van der Waals surface area contributed by atoms with Crippen molar-refractivity contribution in [3.8, 4) is 11.5 Å². The zero-order chi connectivity index (χ0) is 29.1. The summed E-state index contributed by atoms with van der Waals surface area (Å²) in [7, 11) is 0. The molecule has 4 aromatic carbocycles. The molecule has 5 aromatic rings. The van der Waals surface area contributed by atoms with Gasteiger partial charge in [-0.25, -0.2) is 4.98 Å². The number of rotatable bonds is 15. The van der Waals surface area contributed by atoms with Gasteiger partial charge >= 0.3 is 0 Å². The number of ether oxygens (including phenoxy) is 2. The summed E-state index contributed by atoms with van der Waals surface area (Å²) in [6.45, 7) is 9.50. The summed E-state index contributed by atoms with van der Waals surface area (Å²) in [5, 5.41) is 0. The van der Waals surface area contributed by atoms with Gasteiger partial charge in [0.25, 0.3) is 0 Å². The molecule has 6 nitrogen and oxygen atoms in total. The van der Waals surface area contributed by atoms with Crippen molar-refractivity contribution < 1.29 is 9.47 Å². The van der Waals surface area contributed by atoms with Crippen LogP contribution in [0.25, 0.3) is 11.0 Å². The predicted octanol–water partition coefficient (Wildman–Crippen LogP) is 7.02. The van der Waals surface area contributed by atoms with E-state index in [0.29, 0.717) is 26.2 Å². The van der Waals surface area contributed by atoms with Crippen molar-refractivity contribution in [1.29, 1.82) is 0 Å². The highest BCUT2D eigenvalue weighted by molar-refractivity contribution is 5.78. The lowest BCUT2D eigenvalue weighted by Crippen LogP contribution is -2.25. The molecule has 0 bridgehead atoms. The summed E-state index contributed by atoms with van der Waals surface area (Å²) in [5.74, 6) is 2.58. The number of hydrogen-bond donors (Lipinski definition) is 1. The molecule has 1 unspecified atom stereocenters. The average Bonchev–Trinajstić information content (AvgIpc) is 3.39. The third-order valence-electron chi connectivity index (χ3n) is 7.67. The zero-order valence-corrected chi connectivity index (χ0v) is 24.8. The molecule has 0 fully saturated rings. The maximum Gasteiger partial charge on any atom is 0.127 e. The summed E-state index contributed by atoms with van der Waals surface area (Å²) >= 11 is 0. The van der Waals surface area contributed by atoms with Gasteiger partial charge in [-0.1, -0.05) is 86.6 Å². The Morgan fingerprint density at radius 3 is 2.12 bits per heavy atom. The molecule has 0 spiro atoms. The van der Waals surface area contributed by atoms with E-state index in [-0.39, 0.29) is 6.04 Å². The van der Waals surface area contributed by atoms with Crippen LogP contribution in [0.4, 0.5) is 0 Å². The van der Waals surface area contributed by atoms with Gasteiger partial charge in [0, 0.05) is 19.2 Å². The number of aromatic nitrogens is 2. The summed E-state index contributed by atoms with van der Waals surface area (Å²) in [5.41, 5.74) is 12.3. The Kier molecular flexibility index (Phi) is 10.3. The van der Waals surface area contributed by atoms with Gasteiger partial charge < -0.3 is 24.7 Å². The van der Waals surface area contributed by atoms with Gasteiger partial charge in [-0.3, -0.25) is 0 Å². The maximum absolute atomic E-state index is 6.86. The first-order valence-electron chi connectivity index (χ1n) is 15.0. The van der Waals surface area contributed by atoms with E-state index in [1.807, 2.05) is 48.5 Å². The minimum atomic E-state index is -0.268. The van der Waals surface area contributed by atoms with Crippen LogP contribution >= 0.6 is 0 Å². The van der Waals surface area contributed by atoms with Crippen LogP contribution < -0.4 is 15.2 Å². The number of hydrogen-bond acceptors (Lipinski definition) is 5. The van der Waals surface area contributed by atoms with Crippen LogP contribution in [0.3, 0.4) is 0 Å². The average molecular weight is 563 g/mol. The largest absolute Gasteiger partial charge is 0.493 e. The van der Waals surface area contributed by atoms with Gasteiger partial charge in [0.1, 0.15) is 23.9 Å². The standard InChI is InChI=1S/C36H42N4O2/c1-3-39(4-2)22-11-23-41-32-20-21-34-35(25-32)40(26-29-12-7-5-8-13-29)36(38-34)33(37)24-28-16-18-31(19-17-28)42-27-30-14-9-6-10-15-30/h5-10,12-21,25,33H,3-4,11,22-24,26-27,37H2,1-2H3. The SMILES string of the molecule is CCN(CC)CCCOc1ccc2nc(C(N)Cc3ccc(OCc4ccccc4)cc3)n(Cc3ccccc3)c2c1. The zero-order valence-electron chi connectivity index (χ0n) is 24.8. The summed E-state index contributed by atoms with van der Waals surface area (Å²) in [6.07, 6.45) is 1.67. The van der Waals surface area contributed by atoms with Crippen LogP contribution in [0.5, 0.6) is 11.5 Å². The van der Waals surface area contributed by atoms with Gasteiger partial charge in [0.15, 0.2) is 0 Å². The summed E-state index contributed by atoms with van der Waals surface area (Å²) in [4.78, 5) is 7.44. The van der Waals surface area contributed by atoms with Crippen molar-refractivity contribution >= 4 is 11.0 Å². The molecule has 1 heterocycles. The fourth-order valence-corrected chi connectivity index (χ4v) is 5.25. The summed E-state index contributed by atoms with van der Waals surface area (Å²) < 4.78 is 14.4. The van der Waals surface area contributed by atoms with E-state index in [2.05, 4.69) is 77.9 Å². The van der Waals surface area contributed by atoms with Crippen LogP contribution in [0, 0.1) is 0 Å². The second-order valence-corrected chi connectivity index (χ2v) is 10.7. The molecule has 0 aliphatic rings. The molecular weight excluding hydrogens is 520 g/mol. The van der Waals surface area contributed by atoms with Crippen LogP contribution in [0.2, 0.25) is 0 Å². The molecule has 0 saturated carbocycles. The Bertz CT molecular complexity index is 1510. The van der Waals surface area contributed by atoms with Crippen molar-refractivity contribution in [2.45, 2.75) is 45.9 Å². The third-order valence-corrected chi connectivity index (χ3v) is 7.67. The number of nitrogens with two attached hydrogens (primary N) is 1. The van der Waals surface area contributed by atoms with Crippen molar-refractivity contribution in [2.75, 3.05) is 26.2 Å². The minimum absolute atomic E-state index is 0.268. The number of nitrogens with zero attached hydrogens (tertiary/aromatic N) is 3. The van der Waals surface area contributed by atoms with Gasteiger partial charge in [-0.05, 0) is 66.9 Å². The van der Waals surface area contributed by atoms with Gasteiger partial charge in [-0.15, -0.1) is 0 Å². The van der Waals surface area contributed by atoms with E-state index in [4.69, 9.17) is 20.2 Å². The second kappa shape index (κ2) is 14.7. The van der Waals surface area contributed by atoms with E-state index in [1.165, 1.54) is 5.56 Å². The van der Waals surface area contributed by atoms with Crippen LogP contribution in [0.15, 0.2) is 103 Å². The molecule has 0 amide bonds. The fraction of sp³-hybridized carbons (Fsp3) is 0.306. The number of imidazole rings is 1. The smallest absolute Gasteiger partial charge is 0.127 e. The molecule has 218 valence electrons. The van der Waals surface area contributed by atoms with Crippen molar-refractivity contribution in [1.82, 2.24) is 14.5 Å². The van der Waals surface area contributed by atoms with Gasteiger partial charge in [0.05, 0.1) is 23.7 Å². The van der Waals surface area contributed by atoms with Crippen molar-refractivity contribution in [3.05, 3.63) is 126 Å². The first-order valence-corrected chi connectivity index (χ1v) is 15.0. The van der Waals surface area contributed by atoms with Crippen LogP contribution in [-0.2, 0) is 19.6 Å². The van der Waals surface area contributed by atoms with Gasteiger partial charge in [0.2, 0.25) is 0 Å². The third kappa shape index (κ3) is 7.78. The monoisotopic (exact) mass is 562 g/mol. The lowest BCUT2D eigenvalue weighted by molar-refractivity contribution is 0.249. The topological polar surface area (TPSA) is 65.5 Å². The quantitative estimate of drug-likeness (QED) is 0.139. The molecule has 0 saturated heterocycles. The lowest BCUT2D eigenvalue weighted by atomic mass is 10.1. The van der Waals surface area contributed by atoms with E-state index < -0.39 is 0 Å². The molecule has 1 aromatic heterocycles. The van der Waals surface area contributed by atoms with E-state index in [1.54, 1.807) is 0 Å². The van der Waals surface area contributed by atoms with Gasteiger partial charge in [-0.2, -0.15) is 0 Å². The highest BCUT2D eigenvalue weighted by Gasteiger charge is 2.19. The molecule has 0 radical (unpaired) electrons. The Balaban J connectivity index is 1.31. The highest BCUT2D eigenvalue weighted by Crippen LogP contribution is 2.27. The number of benzene rings is 4. The van der Waals surface area contributed by atoms with Crippen LogP contribution in [0.1, 0.15) is 48.8 Å². The van der Waals surface area contributed by atoms with Crippen molar-refractivity contribution in [3.63, 3.8) is 0 Å². The predicted molar refractivity (Wildman–Crippen MR) is 171 cm³/mol. The molecule has 42 heavy (non-hydrogen) atoms. The van der Waals surface area contributed by atoms with E-state index in [0.717, 1.165) is 65.5 Å². The highest BCUT2D eigenvalue weighted by atomic mass is 16.5. The Labute approximate surface area is 249 Å². The molecule has 6 heteroatoms.